The summed E-state index contributed by atoms with van der Waals surface area (Å²) in [6.45, 7) is 0. The van der Waals surface area contributed by atoms with Gasteiger partial charge in [0.15, 0.2) is 0 Å². The average Bonchev–Trinajstić information content (AvgIpc) is 2.35. The molecule has 0 atom stereocenters. The minimum Gasteiger partial charge on any atom is -0.280 e. The number of halogens is 16. The summed E-state index contributed by atoms with van der Waals surface area (Å²) in [6.07, 6.45) is -7.65. The molecule has 1 nitrogen and oxygen atoms in total. The standard InChI is InChI=1S/C8BrF15O/c9-1(25)2(10,11)3(12,13)4(14,15)5(16,17)6(18,19)7(20,21)8(22,23)24. The lowest BCUT2D eigenvalue weighted by Gasteiger charge is -2.40. The highest BCUT2D eigenvalue weighted by atomic mass is 79.9. The molecule has 0 fully saturated rings. The molecule has 0 radical (unpaired) electrons. The monoisotopic (exact) mass is 476 g/mol. The molecule has 0 unspecified atom stereocenters. The summed E-state index contributed by atoms with van der Waals surface area (Å²) < 4.78 is 184. The maximum atomic E-state index is 12.9. The second kappa shape index (κ2) is 5.80. The Morgan fingerprint density at radius 1 is 0.480 bits per heavy atom. The number of carbonyl (C=O) groups excluding carboxylic acids is 1. The Hall–Kier alpha value is -0.900. The van der Waals surface area contributed by atoms with E-state index < -0.39 is 46.4 Å². The molecule has 25 heavy (non-hydrogen) atoms. The fourth-order valence-corrected chi connectivity index (χ4v) is 1.34. The molecule has 0 aromatic heterocycles. The van der Waals surface area contributed by atoms with Gasteiger partial charge in [0, 0.05) is 0 Å². The van der Waals surface area contributed by atoms with Crippen molar-refractivity contribution in [1.29, 1.82) is 0 Å². The third-order valence-electron chi connectivity index (χ3n) is 2.57. The molecule has 0 amide bonds. The molecule has 0 aliphatic carbocycles. The van der Waals surface area contributed by atoms with E-state index in [1.807, 2.05) is 0 Å². The van der Waals surface area contributed by atoms with E-state index in [0.717, 1.165) is 15.9 Å². The van der Waals surface area contributed by atoms with Crippen LogP contribution in [0.5, 0.6) is 0 Å². The summed E-state index contributed by atoms with van der Waals surface area (Å²) in [6, 6.07) is 0. The van der Waals surface area contributed by atoms with Crippen LogP contribution in [0.15, 0.2) is 0 Å². The number of rotatable bonds is 6. The highest BCUT2D eigenvalue weighted by Gasteiger charge is 2.93. The zero-order valence-corrected chi connectivity index (χ0v) is 12.0. The Bertz CT molecular complexity index is 532. The van der Waals surface area contributed by atoms with Crippen LogP contribution in [0.25, 0.3) is 0 Å². The van der Waals surface area contributed by atoms with Crippen LogP contribution in [0.2, 0.25) is 0 Å². The lowest BCUT2D eigenvalue weighted by molar-refractivity contribution is -0.449. The average molecular weight is 477 g/mol. The van der Waals surface area contributed by atoms with Crippen molar-refractivity contribution >= 4 is 20.6 Å². The van der Waals surface area contributed by atoms with Gasteiger partial charge in [-0.2, -0.15) is 65.9 Å². The van der Waals surface area contributed by atoms with Crippen LogP contribution in [-0.2, 0) is 4.79 Å². The van der Waals surface area contributed by atoms with Gasteiger partial charge in [0.25, 0.3) is 4.69 Å². The van der Waals surface area contributed by atoms with E-state index >= 15 is 0 Å². The second-order valence-corrected chi connectivity index (χ2v) is 4.94. The zero-order valence-electron chi connectivity index (χ0n) is 10.5. The van der Waals surface area contributed by atoms with Crippen LogP contribution in [0.3, 0.4) is 0 Å². The quantitative estimate of drug-likeness (QED) is 0.376. The molecule has 150 valence electrons. The summed E-state index contributed by atoms with van der Waals surface area (Å²) in [7, 11) is 0. The van der Waals surface area contributed by atoms with E-state index in [2.05, 4.69) is 0 Å². The van der Waals surface area contributed by atoms with Gasteiger partial charge >= 0.3 is 41.7 Å². The molecule has 0 aromatic carbocycles. The fourth-order valence-electron chi connectivity index (χ4n) is 1.09. The van der Waals surface area contributed by atoms with Crippen LogP contribution in [0.1, 0.15) is 0 Å². The van der Waals surface area contributed by atoms with Gasteiger partial charge in [-0.15, -0.1) is 0 Å². The number of hydrogen-bond acceptors (Lipinski definition) is 1. The summed E-state index contributed by atoms with van der Waals surface area (Å²) in [5.41, 5.74) is 0. The molecule has 0 heterocycles. The van der Waals surface area contributed by atoms with Gasteiger partial charge in [-0.1, -0.05) is 0 Å². The number of alkyl halides is 15. The first-order valence-electron chi connectivity index (χ1n) is 4.98. The Labute approximate surface area is 134 Å². The van der Waals surface area contributed by atoms with Crippen LogP contribution < -0.4 is 0 Å². The van der Waals surface area contributed by atoms with E-state index in [-0.39, 0.29) is 0 Å². The van der Waals surface area contributed by atoms with Gasteiger partial charge in [0.1, 0.15) is 0 Å². The molecular weight excluding hydrogens is 477 g/mol. The van der Waals surface area contributed by atoms with Crippen molar-refractivity contribution in [1.82, 2.24) is 0 Å². The smallest absolute Gasteiger partial charge is 0.280 e. The van der Waals surface area contributed by atoms with Gasteiger partial charge in [-0.05, 0) is 15.9 Å². The van der Waals surface area contributed by atoms with Crippen molar-refractivity contribution in [3.63, 3.8) is 0 Å². The molecule has 0 N–H and O–H groups in total. The van der Waals surface area contributed by atoms with E-state index in [1.165, 1.54) is 0 Å². The fraction of sp³-hybridized carbons (Fsp3) is 0.875. The molecule has 0 spiro atoms. The van der Waals surface area contributed by atoms with Gasteiger partial charge in [0.2, 0.25) is 0 Å². The summed E-state index contributed by atoms with van der Waals surface area (Å²) in [4.78, 5) is 10.1. The van der Waals surface area contributed by atoms with Crippen molar-refractivity contribution < 1.29 is 70.7 Å². The van der Waals surface area contributed by atoms with E-state index in [1.54, 1.807) is 0 Å². The first-order valence-corrected chi connectivity index (χ1v) is 5.77. The minimum absolute atomic E-state index is 0.950. The first-order chi connectivity index (χ1) is 10.4. The van der Waals surface area contributed by atoms with Crippen molar-refractivity contribution in [3.05, 3.63) is 0 Å². The Balaban J connectivity index is 6.55. The maximum absolute atomic E-state index is 12.9. The molecule has 0 rings (SSSR count). The Morgan fingerprint density at radius 3 is 0.960 bits per heavy atom. The second-order valence-electron chi connectivity index (χ2n) is 4.22. The van der Waals surface area contributed by atoms with E-state index in [4.69, 9.17) is 0 Å². The summed E-state index contributed by atoms with van der Waals surface area (Å²) in [5, 5.41) is 0. The zero-order chi connectivity index (χ0) is 21.1. The molecule has 0 aliphatic rings. The van der Waals surface area contributed by atoms with Crippen molar-refractivity contribution in [2.75, 3.05) is 0 Å². The van der Waals surface area contributed by atoms with Crippen LogP contribution in [0, 0.1) is 0 Å². The lowest BCUT2D eigenvalue weighted by Crippen LogP contribution is -2.73. The van der Waals surface area contributed by atoms with Crippen LogP contribution in [0.4, 0.5) is 65.9 Å². The third kappa shape index (κ3) is 2.94. The molecule has 17 heteroatoms. The predicted octanol–water partition coefficient (Wildman–Crippen LogP) is 5.28. The van der Waals surface area contributed by atoms with E-state index in [0.29, 0.717) is 0 Å². The van der Waals surface area contributed by atoms with Gasteiger partial charge < -0.3 is 0 Å². The Kier molecular flexibility index (Phi) is 5.59. The molecule has 0 aliphatic heterocycles. The molecule has 0 bridgehead atoms. The highest BCUT2D eigenvalue weighted by Crippen LogP contribution is 2.62. The minimum atomic E-state index is -8.38. The number of hydrogen-bond donors (Lipinski definition) is 0. The topological polar surface area (TPSA) is 17.1 Å². The SMILES string of the molecule is O=C(Br)C(F)(F)C(F)(F)C(F)(F)C(F)(F)C(F)(F)C(F)(F)C(F)(F)F. The predicted molar refractivity (Wildman–Crippen MR) is 49.7 cm³/mol. The van der Waals surface area contributed by atoms with Gasteiger partial charge in [-0.3, -0.25) is 4.79 Å². The largest absolute Gasteiger partial charge is 0.460 e. The van der Waals surface area contributed by atoms with Crippen molar-refractivity contribution in [2.45, 2.75) is 41.7 Å². The molecule has 0 saturated carbocycles. The highest BCUT2D eigenvalue weighted by molar-refractivity contribution is 9.18. The molecule has 0 aromatic rings. The van der Waals surface area contributed by atoms with Gasteiger partial charge in [0.05, 0.1) is 0 Å². The molecular formula is C8BrF15O. The summed E-state index contributed by atoms with van der Waals surface area (Å²) >= 11 is 0.950. The molecule has 0 saturated heterocycles. The summed E-state index contributed by atoms with van der Waals surface area (Å²) in [5.74, 6) is -47.6. The van der Waals surface area contributed by atoms with Crippen LogP contribution in [-0.4, -0.2) is 46.4 Å². The first kappa shape index (κ1) is 24.1. The normalized spacial score (nSPS) is 16.2. The van der Waals surface area contributed by atoms with Crippen molar-refractivity contribution in [3.8, 4) is 0 Å². The van der Waals surface area contributed by atoms with Crippen LogP contribution >= 0.6 is 15.9 Å². The van der Waals surface area contributed by atoms with Gasteiger partial charge in [-0.25, -0.2) is 0 Å². The maximum Gasteiger partial charge on any atom is 0.460 e. The lowest BCUT2D eigenvalue weighted by atomic mass is 9.91. The van der Waals surface area contributed by atoms with E-state index in [9.17, 15) is 70.7 Å². The third-order valence-corrected chi connectivity index (χ3v) is 3.07. The Morgan fingerprint density at radius 2 is 0.720 bits per heavy atom. The van der Waals surface area contributed by atoms with Crippen molar-refractivity contribution in [2.24, 2.45) is 0 Å². The number of carbonyl (C=O) groups is 1.